The minimum atomic E-state index is -1.40. The van der Waals surface area contributed by atoms with E-state index in [2.05, 4.69) is 54.9 Å². The van der Waals surface area contributed by atoms with Crippen molar-refractivity contribution in [3.05, 3.63) is 35.9 Å². The van der Waals surface area contributed by atoms with Crippen LogP contribution >= 0.6 is 0 Å². The van der Waals surface area contributed by atoms with Gasteiger partial charge in [0.05, 0.1) is 21.3 Å². The first-order valence-electron chi connectivity index (χ1n) is 7.69. The molecule has 0 bridgehead atoms. The van der Waals surface area contributed by atoms with Gasteiger partial charge in [-0.2, -0.15) is 0 Å². The summed E-state index contributed by atoms with van der Waals surface area (Å²) in [6.07, 6.45) is 0.656. The normalized spacial score (nSPS) is 16.3. The van der Waals surface area contributed by atoms with E-state index in [0.717, 1.165) is 5.56 Å². The maximum Gasteiger partial charge on any atom is 0.129 e. The smallest absolute Gasteiger partial charge is 0.129 e. The summed E-state index contributed by atoms with van der Waals surface area (Å²) in [6.45, 7) is 14.7. The molecule has 0 aliphatic rings. The molecule has 122 valence electrons. The fourth-order valence-electron chi connectivity index (χ4n) is 1.85. The quantitative estimate of drug-likeness (QED) is 0.647. The number of rotatable bonds is 4. The van der Waals surface area contributed by atoms with Gasteiger partial charge in [-0.1, -0.05) is 50.0 Å². The predicted molar refractivity (Wildman–Crippen MR) is 101 cm³/mol. The van der Waals surface area contributed by atoms with Crippen molar-refractivity contribution < 1.29 is 4.21 Å². The fraction of sp³-hybridized carbons (Fsp3) is 0.556. The predicted octanol–water partition coefficient (Wildman–Crippen LogP) is 4.22. The molecule has 0 radical (unpaired) electrons. The Kier molecular flexibility index (Phi) is 6.20. The number of nitrogens with one attached hydrogen (secondary N) is 1. The molecule has 2 atom stereocenters. The van der Waals surface area contributed by atoms with Crippen LogP contribution in [0.3, 0.4) is 0 Å². The summed E-state index contributed by atoms with van der Waals surface area (Å²) in [5.74, 6) is 3.34. The molecule has 1 N–H and O–H groups in total. The highest BCUT2D eigenvalue weighted by Crippen LogP contribution is 2.26. The standard InChI is InChI=1S/C18H29NOSSi/c1-17(2,3)21(20)19-18(4,14-11-15-22(5,6)7)16-12-9-8-10-13-16/h8-10,12-13,19H,14H2,1-7H3/t18-,21-/m0/s1. The van der Waals surface area contributed by atoms with Crippen LogP contribution in [0.4, 0.5) is 0 Å². The zero-order valence-corrected chi connectivity index (χ0v) is 16.7. The van der Waals surface area contributed by atoms with Gasteiger partial charge < -0.3 is 0 Å². The van der Waals surface area contributed by atoms with E-state index in [1.165, 1.54) is 0 Å². The fourth-order valence-corrected chi connectivity index (χ4v) is 3.37. The van der Waals surface area contributed by atoms with Gasteiger partial charge in [-0.25, -0.2) is 8.93 Å². The first-order chi connectivity index (χ1) is 9.94. The number of hydrogen-bond acceptors (Lipinski definition) is 1. The molecule has 0 saturated carbocycles. The lowest BCUT2D eigenvalue weighted by molar-refractivity contribution is 0.452. The van der Waals surface area contributed by atoms with Gasteiger partial charge in [-0.05, 0) is 33.3 Å². The van der Waals surface area contributed by atoms with Gasteiger partial charge in [0.1, 0.15) is 8.07 Å². The van der Waals surface area contributed by atoms with Crippen molar-refractivity contribution in [2.45, 2.75) is 64.0 Å². The maximum absolute atomic E-state index is 12.6. The number of benzene rings is 1. The van der Waals surface area contributed by atoms with E-state index in [0.29, 0.717) is 6.42 Å². The molecule has 0 aromatic heterocycles. The molecule has 0 amide bonds. The average Bonchev–Trinajstić information content (AvgIpc) is 2.37. The van der Waals surface area contributed by atoms with Gasteiger partial charge in [0.15, 0.2) is 0 Å². The van der Waals surface area contributed by atoms with E-state index in [9.17, 15) is 4.21 Å². The Morgan fingerprint density at radius 1 is 1.09 bits per heavy atom. The Labute approximate surface area is 139 Å². The Morgan fingerprint density at radius 2 is 1.64 bits per heavy atom. The molecule has 0 aliphatic heterocycles. The van der Waals surface area contributed by atoms with E-state index in [-0.39, 0.29) is 4.75 Å². The molecule has 1 aromatic rings. The maximum atomic E-state index is 12.6. The van der Waals surface area contributed by atoms with Gasteiger partial charge in [-0.15, -0.1) is 11.5 Å². The molecule has 2 nitrogen and oxygen atoms in total. The summed E-state index contributed by atoms with van der Waals surface area (Å²) in [4.78, 5) is 0. The molecular weight excluding hydrogens is 306 g/mol. The summed E-state index contributed by atoms with van der Waals surface area (Å²) < 4.78 is 15.6. The average molecular weight is 336 g/mol. The lowest BCUT2D eigenvalue weighted by Crippen LogP contribution is -2.46. The second-order valence-electron chi connectivity index (χ2n) is 7.91. The monoisotopic (exact) mass is 335 g/mol. The topological polar surface area (TPSA) is 29.1 Å². The Hall–Kier alpha value is -0.893. The van der Waals surface area contributed by atoms with Crippen LogP contribution in [-0.4, -0.2) is 17.0 Å². The summed E-state index contributed by atoms with van der Waals surface area (Å²) in [5.41, 5.74) is 4.12. The van der Waals surface area contributed by atoms with Gasteiger partial charge in [0, 0.05) is 6.42 Å². The van der Waals surface area contributed by atoms with E-state index in [4.69, 9.17) is 0 Å². The first-order valence-corrected chi connectivity index (χ1v) is 12.3. The Morgan fingerprint density at radius 3 is 2.09 bits per heavy atom. The molecule has 0 aliphatic carbocycles. The zero-order chi connectivity index (χ0) is 17.0. The minimum absolute atomic E-state index is 0.303. The largest absolute Gasteiger partial charge is 0.242 e. The molecule has 1 aromatic carbocycles. The molecule has 0 spiro atoms. The highest BCUT2D eigenvalue weighted by Gasteiger charge is 2.31. The van der Waals surface area contributed by atoms with Gasteiger partial charge in [0.25, 0.3) is 0 Å². The molecule has 22 heavy (non-hydrogen) atoms. The van der Waals surface area contributed by atoms with Crippen molar-refractivity contribution in [3.8, 4) is 11.5 Å². The van der Waals surface area contributed by atoms with E-state index >= 15 is 0 Å². The van der Waals surface area contributed by atoms with Crippen molar-refractivity contribution in [1.82, 2.24) is 4.72 Å². The van der Waals surface area contributed by atoms with Crippen LogP contribution < -0.4 is 4.72 Å². The summed E-state index contributed by atoms with van der Waals surface area (Å²) >= 11 is 0. The highest BCUT2D eigenvalue weighted by molar-refractivity contribution is 7.84. The highest BCUT2D eigenvalue weighted by atomic mass is 32.2. The van der Waals surface area contributed by atoms with Gasteiger partial charge in [-0.3, -0.25) is 0 Å². The van der Waals surface area contributed by atoms with E-state index in [1.54, 1.807) is 0 Å². The lowest BCUT2D eigenvalue weighted by Gasteiger charge is -2.32. The lowest BCUT2D eigenvalue weighted by atomic mass is 9.90. The van der Waals surface area contributed by atoms with Crippen LogP contribution in [0.15, 0.2) is 30.3 Å². The third-order valence-corrected chi connectivity index (χ3v) is 5.87. The summed E-state index contributed by atoms with van der Waals surface area (Å²) in [6, 6.07) is 10.2. The van der Waals surface area contributed by atoms with Gasteiger partial charge >= 0.3 is 0 Å². The van der Waals surface area contributed by atoms with Crippen molar-refractivity contribution >= 4 is 19.1 Å². The molecule has 1 rings (SSSR count). The first kappa shape index (κ1) is 19.2. The van der Waals surface area contributed by atoms with Crippen LogP contribution in [0, 0.1) is 11.5 Å². The van der Waals surface area contributed by atoms with Crippen LogP contribution in [0.1, 0.15) is 39.7 Å². The van der Waals surface area contributed by atoms with Crippen molar-refractivity contribution in [3.63, 3.8) is 0 Å². The Balaban J connectivity index is 3.10. The molecule has 0 saturated heterocycles. The van der Waals surface area contributed by atoms with Crippen LogP contribution in [0.25, 0.3) is 0 Å². The summed E-state index contributed by atoms with van der Waals surface area (Å²) in [5, 5.41) is 0. The van der Waals surface area contributed by atoms with Crippen molar-refractivity contribution in [1.29, 1.82) is 0 Å². The Bertz CT molecular complexity index is 575. The second-order valence-corrected chi connectivity index (χ2v) is 14.6. The van der Waals surface area contributed by atoms with E-state index < -0.39 is 24.6 Å². The minimum Gasteiger partial charge on any atom is -0.242 e. The van der Waals surface area contributed by atoms with Crippen LogP contribution in [-0.2, 0) is 16.5 Å². The summed E-state index contributed by atoms with van der Waals surface area (Å²) in [7, 11) is -2.54. The second kappa shape index (κ2) is 7.12. The zero-order valence-electron chi connectivity index (χ0n) is 14.9. The molecular formula is C18H29NOSSi. The third kappa shape index (κ3) is 6.08. The number of hydrogen-bond donors (Lipinski definition) is 1. The third-order valence-electron chi connectivity index (χ3n) is 3.19. The molecule has 0 heterocycles. The van der Waals surface area contributed by atoms with Crippen molar-refractivity contribution in [2.24, 2.45) is 0 Å². The SMILES string of the molecule is CC(C)(C)[S@](=O)N[C@@](C)(CC#C[Si](C)(C)C)c1ccccc1. The van der Waals surface area contributed by atoms with E-state index in [1.807, 2.05) is 39.0 Å². The van der Waals surface area contributed by atoms with Crippen LogP contribution in [0.2, 0.25) is 19.6 Å². The molecule has 0 fully saturated rings. The van der Waals surface area contributed by atoms with Crippen molar-refractivity contribution in [2.75, 3.05) is 0 Å². The van der Waals surface area contributed by atoms with Gasteiger partial charge in [0.2, 0.25) is 0 Å². The molecule has 4 heteroatoms. The van der Waals surface area contributed by atoms with Crippen LogP contribution in [0.5, 0.6) is 0 Å². The molecule has 0 unspecified atom stereocenters.